The highest BCUT2D eigenvalue weighted by Gasteiger charge is 2.41. The number of allylic oxidation sites excluding steroid dienone is 12. The van der Waals surface area contributed by atoms with Crippen LogP contribution in [0.4, 0.5) is 0 Å². The molecule has 0 aromatic heterocycles. The third-order valence-electron chi connectivity index (χ3n) is 10.4. The molecule has 1 nitrogen and oxygen atoms in total. The molecule has 0 amide bonds. The maximum absolute atomic E-state index is 7.39. The van der Waals surface area contributed by atoms with Gasteiger partial charge >= 0.3 is 0 Å². The van der Waals surface area contributed by atoms with Crippen LogP contribution in [0, 0.1) is 9.95 Å². The summed E-state index contributed by atoms with van der Waals surface area (Å²) in [5.74, 6) is 0. The number of fused-ring (bicyclic) bond motifs is 6. The summed E-state index contributed by atoms with van der Waals surface area (Å²) in [6.45, 7) is 13.0. The van der Waals surface area contributed by atoms with Crippen LogP contribution in [0.15, 0.2) is 199 Å². The maximum atomic E-state index is 7.39. The molecule has 8 rings (SSSR count). The highest BCUT2D eigenvalue weighted by atomic mass is 32.1. The van der Waals surface area contributed by atoms with Crippen LogP contribution in [-0.4, -0.2) is 0 Å². The fourth-order valence-electron chi connectivity index (χ4n) is 7.75. The van der Waals surface area contributed by atoms with Crippen LogP contribution in [0.25, 0.3) is 43.0 Å². The molecule has 3 aliphatic carbocycles. The molecule has 0 saturated heterocycles. The smallest absolute Gasteiger partial charge is 0.152 e. The molecule has 1 atom stereocenters. The Balaban J connectivity index is 1.59. The zero-order valence-corrected chi connectivity index (χ0v) is 30.4. The lowest BCUT2D eigenvalue weighted by Gasteiger charge is -2.29. The average Bonchev–Trinajstić information content (AvgIpc) is 3.38. The molecule has 0 saturated carbocycles. The lowest BCUT2D eigenvalue weighted by atomic mass is 9.74. The second kappa shape index (κ2) is 14.0. The van der Waals surface area contributed by atoms with Crippen molar-refractivity contribution in [1.29, 1.82) is 0 Å². The van der Waals surface area contributed by atoms with Gasteiger partial charge in [0.2, 0.25) is 0 Å². The van der Waals surface area contributed by atoms with Gasteiger partial charge in [0, 0.05) is 16.4 Å². The highest BCUT2D eigenvalue weighted by Crippen LogP contribution is 2.53. The van der Waals surface area contributed by atoms with Gasteiger partial charge < -0.3 is 4.42 Å². The Labute approximate surface area is 309 Å². The number of benzene rings is 4. The van der Waals surface area contributed by atoms with E-state index < -0.39 is 0 Å². The molecular weight excluding hydrogens is 649 g/mol. The van der Waals surface area contributed by atoms with E-state index in [0.717, 1.165) is 70.5 Å². The summed E-state index contributed by atoms with van der Waals surface area (Å²) >= 11 is 1.77. The summed E-state index contributed by atoms with van der Waals surface area (Å²) in [6, 6.07) is 43.4. The van der Waals surface area contributed by atoms with Crippen molar-refractivity contribution in [3.63, 3.8) is 0 Å². The van der Waals surface area contributed by atoms with Crippen LogP contribution in [-0.2, 0) is 5.41 Å². The largest absolute Gasteiger partial charge is 0.453 e. The van der Waals surface area contributed by atoms with Gasteiger partial charge in [0.1, 0.15) is 0 Å². The molecule has 0 bridgehead atoms. The molecule has 0 radical (unpaired) electrons. The van der Waals surface area contributed by atoms with E-state index >= 15 is 0 Å². The predicted molar refractivity (Wildman–Crippen MR) is 224 cm³/mol. The number of hydrogen-bond acceptors (Lipinski definition) is 2. The summed E-state index contributed by atoms with van der Waals surface area (Å²) in [5.41, 5.74) is 10.8. The fraction of sp³-hybridized carbons (Fsp3) is 0.0800. The maximum Gasteiger partial charge on any atom is 0.152 e. The van der Waals surface area contributed by atoms with Crippen LogP contribution in [0.3, 0.4) is 0 Å². The second-order valence-electron chi connectivity index (χ2n) is 13.5. The van der Waals surface area contributed by atoms with Gasteiger partial charge in [-0.15, -0.1) is 11.3 Å². The van der Waals surface area contributed by atoms with Crippen molar-refractivity contribution in [1.82, 2.24) is 0 Å². The minimum atomic E-state index is -0.320. The first kappa shape index (κ1) is 33.2. The molecule has 1 unspecified atom stereocenters. The Morgan fingerprint density at radius 1 is 0.731 bits per heavy atom. The first-order chi connectivity index (χ1) is 25.5. The van der Waals surface area contributed by atoms with E-state index in [-0.39, 0.29) is 5.41 Å². The van der Waals surface area contributed by atoms with Gasteiger partial charge in [-0.2, -0.15) is 0 Å². The third kappa shape index (κ3) is 5.76. The Hall–Kier alpha value is -5.96. The SMILES string of the molecule is C=C/C=C\C1=C(C)C(C)(c2ccccc2)c2ccc3sc4cccccc5ccccc5c(C5=C/C(=C)/C=C\C/C=C\5)c5ccccc5c=4oc3c21. The summed E-state index contributed by atoms with van der Waals surface area (Å²) in [5, 5.41) is 4.44. The lowest BCUT2D eigenvalue weighted by molar-refractivity contribution is 0.577. The van der Waals surface area contributed by atoms with Gasteiger partial charge in [0.05, 0.1) is 9.23 Å². The summed E-state index contributed by atoms with van der Waals surface area (Å²) < 4.78 is 9.54. The van der Waals surface area contributed by atoms with Crippen LogP contribution >= 0.6 is 11.3 Å². The summed E-state index contributed by atoms with van der Waals surface area (Å²) in [7, 11) is 0. The minimum Gasteiger partial charge on any atom is -0.453 e. The lowest BCUT2D eigenvalue weighted by Crippen LogP contribution is -2.22. The van der Waals surface area contributed by atoms with Crippen molar-refractivity contribution in [2.45, 2.75) is 25.7 Å². The van der Waals surface area contributed by atoms with Crippen LogP contribution in [0.1, 0.15) is 42.5 Å². The Kier molecular flexibility index (Phi) is 8.93. The highest BCUT2D eigenvalue weighted by molar-refractivity contribution is 7.16. The molecule has 1 heterocycles. The van der Waals surface area contributed by atoms with Crippen molar-refractivity contribution in [2.24, 2.45) is 0 Å². The van der Waals surface area contributed by atoms with Gasteiger partial charge in [-0.05, 0) is 88.0 Å². The normalized spacial score (nSPS) is 19.2. The van der Waals surface area contributed by atoms with Crippen molar-refractivity contribution in [3.05, 3.63) is 226 Å². The standard InChI is InChI=1S/C50H40OS/c1-5-6-26-39-35(3)50(4,38-24-13-9-14-25-38)43-31-32-45-49(47(39)43)51-48-42-29-19-18-28-41(42)46(37-23-12-7-10-20-34(2)33-37)40-27-17-16-22-36(40)21-11-8-15-30-44(48)52-45/h5-6,8-33H,1-2,7H2,3-4H3/b11-8?,15-8?,20-10-,21-11?,23-12-,26-6-,30-15?,36-21?,37-33+,44-30?,46-40?,46-41?,48-42?. The molecule has 4 aromatic rings. The topological polar surface area (TPSA) is 13.1 Å². The van der Waals surface area contributed by atoms with Crippen molar-refractivity contribution in [2.75, 3.05) is 0 Å². The molecule has 52 heavy (non-hydrogen) atoms. The van der Waals surface area contributed by atoms with Crippen LogP contribution < -0.4 is 0 Å². The van der Waals surface area contributed by atoms with Gasteiger partial charge in [-0.25, -0.2) is 0 Å². The zero-order chi connectivity index (χ0) is 35.7. The molecule has 4 aromatic carbocycles. The first-order valence-electron chi connectivity index (χ1n) is 17.8. The molecular formula is C50H40OS. The molecule has 252 valence electrons. The van der Waals surface area contributed by atoms with E-state index in [9.17, 15) is 0 Å². The van der Waals surface area contributed by atoms with E-state index in [1.165, 1.54) is 22.3 Å². The molecule has 4 aliphatic rings. The zero-order valence-electron chi connectivity index (χ0n) is 29.6. The van der Waals surface area contributed by atoms with E-state index in [4.69, 9.17) is 4.42 Å². The quantitative estimate of drug-likeness (QED) is 0.168. The predicted octanol–water partition coefficient (Wildman–Crippen LogP) is 14.1. The molecule has 1 aliphatic heterocycles. The van der Waals surface area contributed by atoms with Gasteiger partial charge in [0.15, 0.2) is 11.0 Å². The van der Waals surface area contributed by atoms with Crippen molar-refractivity contribution >= 4 is 54.3 Å². The molecule has 0 spiro atoms. The summed E-state index contributed by atoms with van der Waals surface area (Å²) in [4.78, 5) is 0. The minimum absolute atomic E-state index is 0.320. The Morgan fingerprint density at radius 3 is 2.19 bits per heavy atom. The van der Waals surface area contributed by atoms with Crippen LogP contribution in [0.2, 0.25) is 0 Å². The molecule has 0 fully saturated rings. The van der Waals surface area contributed by atoms with E-state index in [1.807, 2.05) is 12.2 Å². The van der Waals surface area contributed by atoms with E-state index in [1.54, 1.807) is 11.3 Å². The van der Waals surface area contributed by atoms with E-state index in [0.29, 0.717) is 0 Å². The van der Waals surface area contributed by atoms with Crippen molar-refractivity contribution < 1.29 is 4.42 Å². The van der Waals surface area contributed by atoms with Crippen molar-refractivity contribution in [3.8, 4) is 0 Å². The number of hydrogen-bond donors (Lipinski definition) is 0. The second-order valence-corrected chi connectivity index (χ2v) is 14.6. The third-order valence-corrected chi connectivity index (χ3v) is 11.5. The first-order valence-corrected chi connectivity index (χ1v) is 18.6. The average molecular weight is 689 g/mol. The molecule has 2 heteroatoms. The Bertz CT molecular complexity index is 2760. The molecule has 0 N–H and O–H groups in total. The monoisotopic (exact) mass is 688 g/mol. The van der Waals surface area contributed by atoms with E-state index in [2.05, 4.69) is 185 Å². The Morgan fingerprint density at radius 2 is 1.40 bits per heavy atom. The van der Waals surface area contributed by atoms with Gasteiger partial charge in [-0.3, -0.25) is 0 Å². The number of rotatable bonds is 4. The van der Waals surface area contributed by atoms with Gasteiger partial charge in [0.25, 0.3) is 0 Å². The summed E-state index contributed by atoms with van der Waals surface area (Å²) in [6.07, 6.45) is 17.8. The van der Waals surface area contributed by atoms with Gasteiger partial charge in [-0.1, -0.05) is 170 Å². The fourth-order valence-corrected chi connectivity index (χ4v) is 8.76. The van der Waals surface area contributed by atoms with Crippen LogP contribution in [0.5, 0.6) is 0 Å².